The number of unbranched alkanes of at least 4 members (excludes halogenated alkanes) is 4. The fourth-order valence-electron chi connectivity index (χ4n) is 3.52. The number of rotatable bonds is 11. The van der Waals surface area contributed by atoms with Crippen LogP contribution in [0, 0.1) is 11.6 Å². The molecule has 1 heterocycles. The summed E-state index contributed by atoms with van der Waals surface area (Å²) in [5, 5.41) is 9.53. The molecule has 164 valence electrons. The SMILES string of the molecule is CCCCCCCn1cc(-c2ccc(OCc3cc(F)cc(F)c3)cc2)cc1C(=O)O. The Morgan fingerprint density at radius 2 is 1.61 bits per heavy atom. The topological polar surface area (TPSA) is 51.5 Å². The Balaban J connectivity index is 1.65. The minimum absolute atomic E-state index is 0.0472. The van der Waals surface area contributed by atoms with Gasteiger partial charge in [0.15, 0.2) is 0 Å². The van der Waals surface area contributed by atoms with E-state index in [2.05, 4.69) is 6.92 Å². The van der Waals surface area contributed by atoms with Crippen LogP contribution in [0.2, 0.25) is 0 Å². The second-order valence-electron chi connectivity index (χ2n) is 7.62. The van der Waals surface area contributed by atoms with E-state index in [0.29, 0.717) is 17.9 Å². The Hall–Kier alpha value is -3.15. The molecule has 3 aromatic rings. The zero-order valence-corrected chi connectivity index (χ0v) is 17.6. The minimum Gasteiger partial charge on any atom is -0.489 e. The van der Waals surface area contributed by atoms with Crippen LogP contribution in [0.3, 0.4) is 0 Å². The van der Waals surface area contributed by atoms with Crippen LogP contribution >= 0.6 is 0 Å². The summed E-state index contributed by atoms with van der Waals surface area (Å²) in [6.45, 7) is 2.89. The van der Waals surface area contributed by atoms with E-state index in [1.807, 2.05) is 18.3 Å². The first-order chi connectivity index (χ1) is 15.0. The van der Waals surface area contributed by atoms with E-state index in [1.165, 1.54) is 25.0 Å². The van der Waals surface area contributed by atoms with Gasteiger partial charge in [0.25, 0.3) is 0 Å². The summed E-state index contributed by atoms with van der Waals surface area (Å²) in [4.78, 5) is 11.6. The molecule has 0 bridgehead atoms. The van der Waals surface area contributed by atoms with Gasteiger partial charge in [-0.1, -0.05) is 44.7 Å². The maximum absolute atomic E-state index is 13.3. The zero-order chi connectivity index (χ0) is 22.2. The van der Waals surface area contributed by atoms with E-state index in [9.17, 15) is 18.7 Å². The smallest absolute Gasteiger partial charge is 0.352 e. The number of ether oxygens (including phenoxy) is 1. The van der Waals surface area contributed by atoms with Gasteiger partial charge in [0.05, 0.1) is 0 Å². The highest BCUT2D eigenvalue weighted by molar-refractivity contribution is 5.88. The van der Waals surface area contributed by atoms with Gasteiger partial charge < -0.3 is 14.4 Å². The molecule has 31 heavy (non-hydrogen) atoms. The Bertz CT molecular complexity index is 992. The van der Waals surface area contributed by atoms with Gasteiger partial charge in [0, 0.05) is 24.4 Å². The highest BCUT2D eigenvalue weighted by Gasteiger charge is 2.13. The van der Waals surface area contributed by atoms with Crippen LogP contribution < -0.4 is 4.74 Å². The van der Waals surface area contributed by atoms with Crippen LogP contribution in [0.5, 0.6) is 5.75 Å². The number of carboxylic acid groups (broad SMARTS) is 1. The molecule has 0 aliphatic heterocycles. The molecule has 1 N–H and O–H groups in total. The summed E-state index contributed by atoms with van der Waals surface area (Å²) >= 11 is 0. The monoisotopic (exact) mass is 427 g/mol. The number of aromatic nitrogens is 1. The summed E-state index contributed by atoms with van der Waals surface area (Å²) in [7, 11) is 0. The molecule has 0 fully saturated rings. The first kappa shape index (κ1) is 22.5. The first-order valence-electron chi connectivity index (χ1n) is 10.6. The summed E-state index contributed by atoms with van der Waals surface area (Å²) in [5.74, 6) is -1.67. The highest BCUT2D eigenvalue weighted by atomic mass is 19.1. The van der Waals surface area contributed by atoms with Crippen molar-refractivity contribution in [3.63, 3.8) is 0 Å². The lowest BCUT2D eigenvalue weighted by atomic mass is 10.1. The number of hydrogen-bond donors (Lipinski definition) is 1. The maximum atomic E-state index is 13.3. The summed E-state index contributed by atoms with van der Waals surface area (Å²) in [6, 6.07) is 12.2. The van der Waals surface area contributed by atoms with E-state index in [0.717, 1.165) is 36.5 Å². The number of aryl methyl sites for hydroxylation is 1. The molecule has 2 aromatic carbocycles. The van der Waals surface area contributed by atoms with E-state index in [4.69, 9.17) is 4.74 Å². The van der Waals surface area contributed by atoms with Gasteiger partial charge >= 0.3 is 5.97 Å². The number of benzene rings is 2. The normalized spacial score (nSPS) is 10.9. The molecule has 0 saturated carbocycles. The molecule has 0 radical (unpaired) electrons. The third kappa shape index (κ3) is 6.41. The van der Waals surface area contributed by atoms with E-state index >= 15 is 0 Å². The zero-order valence-electron chi connectivity index (χ0n) is 17.6. The van der Waals surface area contributed by atoms with Gasteiger partial charge in [-0.3, -0.25) is 0 Å². The molecular formula is C25H27F2NO3. The average Bonchev–Trinajstić information content (AvgIpc) is 3.16. The van der Waals surface area contributed by atoms with Crippen molar-refractivity contribution < 1.29 is 23.4 Å². The lowest BCUT2D eigenvalue weighted by Gasteiger charge is -2.08. The van der Waals surface area contributed by atoms with Crippen molar-refractivity contribution >= 4 is 5.97 Å². The van der Waals surface area contributed by atoms with Gasteiger partial charge in [-0.25, -0.2) is 13.6 Å². The van der Waals surface area contributed by atoms with Crippen molar-refractivity contribution in [1.29, 1.82) is 0 Å². The molecule has 1 aromatic heterocycles. The summed E-state index contributed by atoms with van der Waals surface area (Å²) < 4.78 is 34.0. The largest absolute Gasteiger partial charge is 0.489 e. The van der Waals surface area contributed by atoms with Crippen molar-refractivity contribution in [3.05, 3.63) is 77.6 Å². The highest BCUT2D eigenvalue weighted by Crippen LogP contribution is 2.26. The lowest BCUT2D eigenvalue weighted by Crippen LogP contribution is -2.07. The Labute approximate surface area is 181 Å². The van der Waals surface area contributed by atoms with E-state index < -0.39 is 17.6 Å². The van der Waals surface area contributed by atoms with Crippen LogP contribution in [0.15, 0.2) is 54.7 Å². The molecule has 0 unspecified atom stereocenters. The van der Waals surface area contributed by atoms with Crippen LogP contribution in [0.4, 0.5) is 8.78 Å². The Morgan fingerprint density at radius 3 is 2.26 bits per heavy atom. The number of aromatic carboxylic acids is 1. The quantitative estimate of drug-likeness (QED) is 0.347. The second kappa shape index (κ2) is 10.8. The third-order valence-corrected chi connectivity index (χ3v) is 5.13. The predicted molar refractivity (Wildman–Crippen MR) is 116 cm³/mol. The van der Waals surface area contributed by atoms with E-state index in [1.54, 1.807) is 22.8 Å². The van der Waals surface area contributed by atoms with Crippen LogP contribution in [-0.4, -0.2) is 15.6 Å². The molecule has 0 aliphatic carbocycles. The van der Waals surface area contributed by atoms with Crippen molar-refractivity contribution in [2.75, 3.05) is 0 Å². The molecule has 0 saturated heterocycles. The predicted octanol–water partition coefficient (Wildman–Crippen LogP) is 6.68. The number of carbonyl (C=O) groups is 1. The minimum atomic E-state index is -0.943. The molecule has 3 rings (SSSR count). The van der Waals surface area contributed by atoms with Crippen LogP contribution in [-0.2, 0) is 13.2 Å². The fourth-order valence-corrected chi connectivity index (χ4v) is 3.52. The number of halogens is 2. The van der Waals surface area contributed by atoms with Crippen molar-refractivity contribution in [1.82, 2.24) is 4.57 Å². The Kier molecular flexibility index (Phi) is 7.82. The number of nitrogens with zero attached hydrogens (tertiary/aromatic N) is 1. The van der Waals surface area contributed by atoms with Crippen LogP contribution in [0.1, 0.15) is 55.1 Å². The molecule has 0 spiro atoms. The van der Waals surface area contributed by atoms with Gasteiger partial charge in [-0.05, 0) is 47.9 Å². The first-order valence-corrected chi connectivity index (χ1v) is 10.6. The molecule has 0 atom stereocenters. The van der Waals surface area contributed by atoms with Crippen molar-refractivity contribution in [2.24, 2.45) is 0 Å². The van der Waals surface area contributed by atoms with Gasteiger partial charge in [-0.2, -0.15) is 0 Å². The summed E-state index contributed by atoms with van der Waals surface area (Å²) in [5.41, 5.74) is 2.38. The second-order valence-corrected chi connectivity index (χ2v) is 7.62. The molecule has 6 heteroatoms. The molecular weight excluding hydrogens is 400 g/mol. The molecule has 4 nitrogen and oxygen atoms in total. The third-order valence-electron chi connectivity index (χ3n) is 5.13. The fraction of sp³-hybridized carbons (Fsp3) is 0.320. The Morgan fingerprint density at radius 1 is 0.935 bits per heavy atom. The lowest BCUT2D eigenvalue weighted by molar-refractivity contribution is 0.0685. The molecule has 0 amide bonds. The van der Waals surface area contributed by atoms with Gasteiger partial charge in [-0.15, -0.1) is 0 Å². The van der Waals surface area contributed by atoms with Crippen molar-refractivity contribution in [2.45, 2.75) is 52.2 Å². The average molecular weight is 427 g/mol. The van der Waals surface area contributed by atoms with Crippen LogP contribution in [0.25, 0.3) is 11.1 Å². The summed E-state index contributed by atoms with van der Waals surface area (Å²) in [6.07, 6.45) is 7.44. The van der Waals surface area contributed by atoms with E-state index in [-0.39, 0.29) is 12.3 Å². The number of carboxylic acids is 1. The maximum Gasteiger partial charge on any atom is 0.352 e. The standard InChI is InChI=1S/C25H27F2NO3/c1-2-3-4-5-6-11-28-16-20(14-24(28)25(29)30)19-7-9-23(10-8-19)31-17-18-12-21(26)15-22(27)13-18/h7-10,12-16H,2-6,11,17H2,1H3,(H,29,30). The van der Waals surface area contributed by atoms with Gasteiger partial charge in [0.2, 0.25) is 0 Å². The molecule has 0 aliphatic rings. The van der Waals surface area contributed by atoms with Crippen molar-refractivity contribution in [3.8, 4) is 16.9 Å². The van der Waals surface area contributed by atoms with Gasteiger partial charge in [0.1, 0.15) is 29.7 Å². The number of hydrogen-bond acceptors (Lipinski definition) is 2.